The highest BCUT2D eigenvalue weighted by atomic mass is 35.5. The highest BCUT2D eigenvalue weighted by Gasteiger charge is 2.22. The Kier molecular flexibility index (Phi) is 6.49. The van der Waals surface area contributed by atoms with E-state index in [4.69, 9.17) is 23.2 Å². The fourth-order valence-electron chi connectivity index (χ4n) is 2.83. The summed E-state index contributed by atoms with van der Waals surface area (Å²) in [6.07, 6.45) is 0. The number of sulfonamides is 1. The Hall–Kier alpha value is -3.14. The second-order valence-electron chi connectivity index (χ2n) is 6.39. The van der Waals surface area contributed by atoms with Crippen LogP contribution in [0.25, 0.3) is 0 Å². The molecule has 0 bridgehead atoms. The summed E-state index contributed by atoms with van der Waals surface area (Å²) >= 11 is 11.9. The smallest absolute Gasteiger partial charge is 0.273 e. The van der Waals surface area contributed by atoms with Crippen molar-refractivity contribution in [2.75, 3.05) is 10.0 Å². The number of benzene rings is 3. The zero-order chi connectivity index (χ0) is 22.8. The summed E-state index contributed by atoms with van der Waals surface area (Å²) in [5.41, 5.74) is 0.837. The lowest BCUT2D eigenvalue weighted by Crippen LogP contribution is -2.15. The average Bonchev–Trinajstić information content (AvgIpc) is 2.68. The van der Waals surface area contributed by atoms with Crippen molar-refractivity contribution in [2.45, 2.75) is 11.8 Å². The minimum absolute atomic E-state index is 0.0174. The first-order valence-electron chi connectivity index (χ1n) is 8.72. The van der Waals surface area contributed by atoms with Crippen LogP contribution >= 0.6 is 23.2 Å². The summed E-state index contributed by atoms with van der Waals surface area (Å²) in [5.74, 6) is -0.530. The molecule has 1 amide bonds. The molecule has 11 heteroatoms. The Bertz CT molecular complexity index is 1260. The van der Waals surface area contributed by atoms with Crippen LogP contribution in [0.15, 0.2) is 65.6 Å². The van der Waals surface area contributed by atoms with E-state index in [-0.39, 0.29) is 37.4 Å². The van der Waals surface area contributed by atoms with Crippen molar-refractivity contribution in [3.05, 3.63) is 92.0 Å². The number of hydrogen-bond donors (Lipinski definition) is 2. The lowest BCUT2D eigenvalue weighted by molar-refractivity contribution is -0.385. The molecule has 0 aliphatic carbocycles. The van der Waals surface area contributed by atoms with Crippen molar-refractivity contribution < 1.29 is 18.1 Å². The molecule has 0 aliphatic rings. The molecule has 160 valence electrons. The van der Waals surface area contributed by atoms with Crippen LogP contribution in [-0.4, -0.2) is 19.2 Å². The Morgan fingerprint density at radius 1 is 0.935 bits per heavy atom. The van der Waals surface area contributed by atoms with E-state index in [1.165, 1.54) is 67.6 Å². The van der Waals surface area contributed by atoms with E-state index in [1.807, 2.05) is 0 Å². The summed E-state index contributed by atoms with van der Waals surface area (Å²) in [6, 6.07) is 14.4. The number of carbonyl (C=O) groups is 1. The Morgan fingerprint density at radius 3 is 2.06 bits per heavy atom. The first-order chi connectivity index (χ1) is 14.6. The van der Waals surface area contributed by atoms with Crippen LogP contribution in [0, 0.1) is 17.0 Å². The van der Waals surface area contributed by atoms with Gasteiger partial charge in [-0.1, -0.05) is 35.3 Å². The van der Waals surface area contributed by atoms with Gasteiger partial charge in [-0.2, -0.15) is 0 Å². The lowest BCUT2D eigenvalue weighted by Gasteiger charge is -2.12. The fourth-order valence-corrected chi connectivity index (χ4v) is 5.04. The molecule has 0 radical (unpaired) electrons. The van der Waals surface area contributed by atoms with E-state index >= 15 is 0 Å². The van der Waals surface area contributed by atoms with E-state index in [0.717, 1.165) is 0 Å². The molecule has 0 unspecified atom stereocenters. The molecular formula is C20H15Cl2N3O5S. The summed E-state index contributed by atoms with van der Waals surface area (Å²) in [7, 11) is -4.04. The van der Waals surface area contributed by atoms with Crippen LogP contribution in [0.3, 0.4) is 0 Å². The third-order valence-electron chi connectivity index (χ3n) is 4.33. The molecule has 3 aromatic rings. The van der Waals surface area contributed by atoms with Crippen LogP contribution < -0.4 is 10.0 Å². The predicted molar refractivity (Wildman–Crippen MR) is 119 cm³/mol. The number of amides is 1. The first-order valence-corrected chi connectivity index (χ1v) is 11.0. The highest BCUT2D eigenvalue weighted by Crippen LogP contribution is 2.30. The second-order valence-corrected chi connectivity index (χ2v) is 8.83. The molecule has 0 aromatic heterocycles. The van der Waals surface area contributed by atoms with Gasteiger partial charge in [0.1, 0.15) is 4.90 Å². The second kappa shape index (κ2) is 8.93. The molecule has 0 fully saturated rings. The molecule has 0 saturated heterocycles. The quantitative estimate of drug-likeness (QED) is 0.368. The van der Waals surface area contributed by atoms with E-state index in [2.05, 4.69) is 10.0 Å². The van der Waals surface area contributed by atoms with Crippen LogP contribution in [0.4, 0.5) is 17.1 Å². The van der Waals surface area contributed by atoms with Crippen molar-refractivity contribution in [2.24, 2.45) is 0 Å². The molecule has 31 heavy (non-hydrogen) atoms. The molecule has 0 aliphatic heterocycles. The zero-order valence-corrected chi connectivity index (χ0v) is 18.3. The van der Waals surface area contributed by atoms with E-state index in [9.17, 15) is 23.3 Å². The number of nitrogens with zero attached hydrogens (tertiary/aromatic N) is 1. The van der Waals surface area contributed by atoms with Gasteiger partial charge in [0.2, 0.25) is 0 Å². The van der Waals surface area contributed by atoms with Gasteiger partial charge in [-0.25, -0.2) is 8.42 Å². The Morgan fingerprint density at radius 2 is 1.48 bits per heavy atom. The maximum atomic E-state index is 12.6. The third-order valence-corrected chi connectivity index (χ3v) is 6.66. The third kappa shape index (κ3) is 4.96. The van der Waals surface area contributed by atoms with Crippen molar-refractivity contribution in [1.82, 2.24) is 0 Å². The zero-order valence-electron chi connectivity index (χ0n) is 15.9. The highest BCUT2D eigenvalue weighted by molar-refractivity contribution is 7.93. The number of nitrogens with one attached hydrogen (secondary N) is 2. The van der Waals surface area contributed by atoms with Crippen molar-refractivity contribution in [1.29, 1.82) is 0 Å². The summed E-state index contributed by atoms with van der Waals surface area (Å²) < 4.78 is 27.6. The minimum Gasteiger partial charge on any atom is -0.322 e. The number of nitro groups is 1. The molecule has 0 saturated carbocycles. The molecule has 0 spiro atoms. The normalized spacial score (nSPS) is 11.1. The molecular weight excluding hydrogens is 465 g/mol. The van der Waals surface area contributed by atoms with Gasteiger partial charge >= 0.3 is 0 Å². The maximum absolute atomic E-state index is 12.6. The number of nitro benzene ring substituents is 1. The fraction of sp³-hybridized carbons (Fsp3) is 0.0500. The van der Waals surface area contributed by atoms with Gasteiger partial charge in [0.15, 0.2) is 0 Å². The number of anilines is 2. The number of hydrogen-bond acceptors (Lipinski definition) is 5. The van der Waals surface area contributed by atoms with Gasteiger partial charge < -0.3 is 5.32 Å². The Balaban J connectivity index is 1.78. The van der Waals surface area contributed by atoms with Gasteiger partial charge in [-0.15, -0.1) is 0 Å². The van der Waals surface area contributed by atoms with Crippen LogP contribution in [0.1, 0.15) is 15.9 Å². The van der Waals surface area contributed by atoms with E-state index < -0.39 is 20.9 Å². The van der Waals surface area contributed by atoms with Crippen LogP contribution in [-0.2, 0) is 10.0 Å². The molecule has 0 heterocycles. The monoisotopic (exact) mass is 479 g/mol. The summed E-state index contributed by atoms with van der Waals surface area (Å²) in [6.45, 7) is 1.49. The van der Waals surface area contributed by atoms with Gasteiger partial charge in [-0.3, -0.25) is 19.6 Å². The van der Waals surface area contributed by atoms with Gasteiger partial charge in [-0.05, 0) is 49.4 Å². The molecule has 3 rings (SSSR count). The van der Waals surface area contributed by atoms with Crippen molar-refractivity contribution >= 4 is 56.2 Å². The predicted octanol–water partition coefficient (Wildman–Crippen LogP) is 5.26. The van der Waals surface area contributed by atoms with Gasteiger partial charge in [0.25, 0.3) is 21.6 Å². The lowest BCUT2D eigenvalue weighted by atomic mass is 10.1. The van der Waals surface area contributed by atoms with E-state index in [0.29, 0.717) is 5.69 Å². The molecule has 8 nitrogen and oxygen atoms in total. The summed E-state index contributed by atoms with van der Waals surface area (Å²) in [4.78, 5) is 22.8. The van der Waals surface area contributed by atoms with Crippen molar-refractivity contribution in [3.63, 3.8) is 0 Å². The molecule has 2 N–H and O–H groups in total. The largest absolute Gasteiger partial charge is 0.322 e. The van der Waals surface area contributed by atoms with Gasteiger partial charge in [0.05, 0.1) is 15.0 Å². The van der Waals surface area contributed by atoms with E-state index in [1.54, 1.807) is 0 Å². The summed E-state index contributed by atoms with van der Waals surface area (Å²) in [5, 5.41) is 13.6. The molecule has 0 atom stereocenters. The SMILES string of the molecule is Cc1c(C(=O)Nc2ccc(NS(=O)(=O)c3c(Cl)cccc3Cl)cc2)cccc1[N+](=O)[O-]. The number of carbonyl (C=O) groups excluding carboxylic acids is 1. The average molecular weight is 480 g/mol. The number of rotatable bonds is 6. The van der Waals surface area contributed by atoms with Gasteiger partial charge in [0, 0.05) is 28.6 Å². The van der Waals surface area contributed by atoms with Crippen LogP contribution in [0.5, 0.6) is 0 Å². The minimum atomic E-state index is -4.04. The Labute approximate surface area is 188 Å². The maximum Gasteiger partial charge on any atom is 0.273 e. The topological polar surface area (TPSA) is 118 Å². The van der Waals surface area contributed by atoms with Crippen molar-refractivity contribution in [3.8, 4) is 0 Å². The van der Waals surface area contributed by atoms with Crippen LogP contribution in [0.2, 0.25) is 10.0 Å². The standard InChI is InChI=1S/C20H15Cl2N3O5S/c1-12-15(4-2-7-18(12)25(27)28)20(26)23-13-8-10-14(11-9-13)24-31(29,30)19-16(21)5-3-6-17(19)22/h2-11,24H,1H3,(H,23,26). The first kappa shape index (κ1) is 22.5. The molecule has 3 aromatic carbocycles. The number of halogens is 2.